The summed E-state index contributed by atoms with van der Waals surface area (Å²) in [6.45, 7) is 9.84. The van der Waals surface area contributed by atoms with E-state index in [4.69, 9.17) is 9.57 Å². The van der Waals surface area contributed by atoms with Gasteiger partial charge in [0.25, 0.3) is 0 Å². The van der Waals surface area contributed by atoms with E-state index in [1.807, 2.05) is 39.8 Å². The Morgan fingerprint density at radius 3 is 1.75 bits per heavy atom. The molecule has 1 aliphatic rings. The van der Waals surface area contributed by atoms with Gasteiger partial charge in [0, 0.05) is 30.3 Å². The Morgan fingerprint density at radius 1 is 0.786 bits per heavy atom. The predicted octanol–water partition coefficient (Wildman–Crippen LogP) is 5.80. The van der Waals surface area contributed by atoms with E-state index in [0.717, 1.165) is 23.3 Å². The maximum Gasteiger partial charge on any atom is 0.146 e. The van der Waals surface area contributed by atoms with Gasteiger partial charge >= 0.3 is 0 Å². The standard InChI is InChI=1S/C23H32N2O3/c1-18(2)24(26)28-23-14-10-21(11-15-23)25(16-6-5-7-17-25)20-8-12-22(13-9-20)27-19(3)4/h8-15,18-19H,5-7,16-17H2,1-4H3. The number of benzene rings is 2. The van der Waals surface area contributed by atoms with Crippen molar-refractivity contribution in [3.63, 3.8) is 0 Å². The average molecular weight is 385 g/mol. The van der Waals surface area contributed by atoms with Crippen molar-refractivity contribution in [1.29, 1.82) is 0 Å². The summed E-state index contributed by atoms with van der Waals surface area (Å²) in [5.41, 5.74) is 2.50. The molecule has 0 N–H and O–H groups in total. The van der Waals surface area contributed by atoms with E-state index in [0.29, 0.717) is 11.0 Å². The van der Waals surface area contributed by atoms with Crippen LogP contribution in [-0.4, -0.2) is 30.5 Å². The molecule has 0 atom stereocenters. The number of piperidine rings is 1. The molecule has 0 aliphatic carbocycles. The second-order valence-electron chi connectivity index (χ2n) is 8.10. The molecule has 5 nitrogen and oxygen atoms in total. The second kappa shape index (κ2) is 8.95. The molecule has 0 unspecified atom stereocenters. The van der Waals surface area contributed by atoms with Crippen LogP contribution in [0.15, 0.2) is 48.5 Å². The highest BCUT2D eigenvalue weighted by molar-refractivity contribution is 5.60. The summed E-state index contributed by atoms with van der Waals surface area (Å²) in [6, 6.07) is 16.3. The van der Waals surface area contributed by atoms with Crippen molar-refractivity contribution in [3.05, 3.63) is 53.7 Å². The van der Waals surface area contributed by atoms with Gasteiger partial charge in [0.1, 0.15) is 22.9 Å². The molecule has 2 aromatic carbocycles. The fourth-order valence-electron chi connectivity index (χ4n) is 3.80. The molecule has 0 amide bonds. The molecule has 28 heavy (non-hydrogen) atoms. The maximum absolute atomic E-state index is 11.8. The van der Waals surface area contributed by atoms with Crippen LogP contribution >= 0.6 is 0 Å². The van der Waals surface area contributed by atoms with Gasteiger partial charge in [-0.2, -0.15) is 0 Å². The van der Waals surface area contributed by atoms with Crippen LogP contribution in [0.1, 0.15) is 47.0 Å². The molecule has 0 spiro atoms. The van der Waals surface area contributed by atoms with Crippen LogP contribution < -0.4 is 14.1 Å². The van der Waals surface area contributed by atoms with E-state index in [9.17, 15) is 5.21 Å². The third-order valence-corrected chi connectivity index (χ3v) is 5.23. The summed E-state index contributed by atoms with van der Waals surface area (Å²) in [5, 5.41) is 12.4. The van der Waals surface area contributed by atoms with Crippen LogP contribution in [0.25, 0.3) is 0 Å². The Balaban J connectivity index is 1.87. The summed E-state index contributed by atoms with van der Waals surface area (Å²) in [4.78, 5) is 5.36. The molecule has 0 saturated carbocycles. The molecule has 1 saturated heterocycles. The number of hydrogen-bond donors (Lipinski definition) is 0. The molecule has 2 aromatic rings. The highest BCUT2D eigenvalue weighted by Gasteiger charge is 2.35. The van der Waals surface area contributed by atoms with Crippen molar-refractivity contribution in [2.75, 3.05) is 13.1 Å². The summed E-state index contributed by atoms with van der Waals surface area (Å²) in [5.74, 6) is 1.48. The Hall–Kier alpha value is -2.08. The number of hydrogen-bond acceptors (Lipinski definition) is 4. The topological polar surface area (TPSA) is 44.8 Å². The first kappa shape index (κ1) is 20.6. The van der Waals surface area contributed by atoms with E-state index < -0.39 is 0 Å². The van der Waals surface area contributed by atoms with Gasteiger partial charge in [0.2, 0.25) is 0 Å². The Bertz CT molecular complexity index is 735. The van der Waals surface area contributed by atoms with E-state index in [1.54, 1.807) is 0 Å². The minimum absolute atomic E-state index is 0.169. The minimum Gasteiger partial charge on any atom is -0.752 e. The average Bonchev–Trinajstić information content (AvgIpc) is 2.69. The van der Waals surface area contributed by atoms with Gasteiger partial charge in [-0.3, -0.25) is 4.48 Å². The molecule has 0 bridgehead atoms. The zero-order valence-electron chi connectivity index (χ0n) is 17.4. The molecule has 1 fully saturated rings. The van der Waals surface area contributed by atoms with Gasteiger partial charge in [-0.15, -0.1) is 0 Å². The summed E-state index contributed by atoms with van der Waals surface area (Å²) in [6.07, 6.45) is 3.84. The number of nitrogens with zero attached hydrogens (tertiary/aromatic N) is 2. The Morgan fingerprint density at radius 2 is 1.29 bits per heavy atom. The smallest absolute Gasteiger partial charge is 0.146 e. The normalized spacial score (nSPS) is 16.6. The number of quaternary nitrogens is 1. The highest BCUT2D eigenvalue weighted by Crippen LogP contribution is 2.39. The number of hydroxylamine groups is 2. The van der Waals surface area contributed by atoms with E-state index >= 15 is 0 Å². The van der Waals surface area contributed by atoms with Crippen LogP contribution in [0.5, 0.6) is 11.5 Å². The van der Waals surface area contributed by atoms with Gasteiger partial charge < -0.3 is 14.8 Å². The van der Waals surface area contributed by atoms with Crippen LogP contribution in [0, 0.1) is 5.21 Å². The minimum atomic E-state index is -0.216. The molecule has 152 valence electrons. The van der Waals surface area contributed by atoms with Crippen LogP contribution in [0.4, 0.5) is 11.4 Å². The second-order valence-corrected chi connectivity index (χ2v) is 8.10. The molecule has 1 aliphatic heterocycles. The SMILES string of the molecule is CC(C)Oc1ccc([N+]2(c3ccc(ON([O-])C(C)C)cc3)CCCCC2)cc1. The zero-order chi connectivity index (χ0) is 20.1. The first-order valence-electron chi connectivity index (χ1n) is 10.3. The third-order valence-electron chi connectivity index (χ3n) is 5.23. The summed E-state index contributed by atoms with van der Waals surface area (Å²) in [7, 11) is 0. The van der Waals surface area contributed by atoms with Crippen molar-refractivity contribution in [3.8, 4) is 11.5 Å². The quantitative estimate of drug-likeness (QED) is 0.447. The lowest BCUT2D eigenvalue weighted by Gasteiger charge is -2.41. The first-order valence-corrected chi connectivity index (χ1v) is 10.3. The molecule has 0 radical (unpaired) electrons. The lowest BCUT2D eigenvalue weighted by molar-refractivity contribution is -0.0351. The van der Waals surface area contributed by atoms with E-state index in [2.05, 4.69) is 36.4 Å². The molecule has 5 heteroatoms. The summed E-state index contributed by atoms with van der Waals surface area (Å²) >= 11 is 0. The monoisotopic (exact) mass is 384 g/mol. The van der Waals surface area contributed by atoms with Gasteiger partial charge in [-0.25, -0.2) is 5.23 Å². The largest absolute Gasteiger partial charge is 0.752 e. The molecule has 0 aromatic heterocycles. The number of ether oxygens (including phenoxy) is 1. The van der Waals surface area contributed by atoms with Crippen molar-refractivity contribution >= 4 is 11.4 Å². The van der Waals surface area contributed by atoms with E-state index in [1.165, 1.54) is 30.6 Å². The van der Waals surface area contributed by atoms with Crippen LogP contribution in [-0.2, 0) is 0 Å². The lowest BCUT2D eigenvalue weighted by Crippen LogP contribution is -2.48. The molecule has 1 heterocycles. The van der Waals surface area contributed by atoms with Crippen LogP contribution in [0.2, 0.25) is 0 Å². The van der Waals surface area contributed by atoms with Gasteiger partial charge in [0.15, 0.2) is 0 Å². The van der Waals surface area contributed by atoms with Crippen molar-refractivity contribution in [2.45, 2.75) is 59.1 Å². The fraction of sp³-hybridized carbons (Fsp3) is 0.478. The molecule has 3 rings (SSSR count). The lowest BCUT2D eigenvalue weighted by atomic mass is 10.0. The highest BCUT2D eigenvalue weighted by atomic mass is 16.9. The Kier molecular flexibility index (Phi) is 6.60. The summed E-state index contributed by atoms with van der Waals surface area (Å²) < 4.78 is 6.64. The fourth-order valence-corrected chi connectivity index (χ4v) is 3.80. The van der Waals surface area contributed by atoms with Gasteiger partial charge in [-0.05, 0) is 71.2 Å². The van der Waals surface area contributed by atoms with Crippen molar-refractivity contribution in [1.82, 2.24) is 9.71 Å². The van der Waals surface area contributed by atoms with Crippen LogP contribution in [0.3, 0.4) is 0 Å². The van der Waals surface area contributed by atoms with Gasteiger partial charge in [0.05, 0.1) is 19.2 Å². The maximum atomic E-state index is 11.8. The van der Waals surface area contributed by atoms with E-state index in [-0.39, 0.29) is 12.1 Å². The third kappa shape index (κ3) is 4.66. The predicted molar refractivity (Wildman–Crippen MR) is 115 cm³/mol. The number of rotatable bonds is 7. The Labute approximate surface area is 168 Å². The first-order chi connectivity index (χ1) is 13.4. The molecular weight excluding hydrogens is 352 g/mol. The van der Waals surface area contributed by atoms with Crippen molar-refractivity contribution in [2.24, 2.45) is 0 Å². The zero-order valence-corrected chi connectivity index (χ0v) is 17.4. The molecular formula is C23H32N2O3. The van der Waals surface area contributed by atoms with Gasteiger partial charge in [-0.1, -0.05) is 0 Å². The van der Waals surface area contributed by atoms with Crippen molar-refractivity contribution < 1.29 is 9.57 Å².